The van der Waals surface area contributed by atoms with E-state index in [1.165, 1.54) is 0 Å². The van der Waals surface area contributed by atoms with Crippen LogP contribution in [-0.4, -0.2) is 30.5 Å². The molecule has 0 aliphatic heterocycles. The molecule has 24 heavy (non-hydrogen) atoms. The Hall–Kier alpha value is -2.49. The highest BCUT2D eigenvalue weighted by Gasteiger charge is 2.24. The van der Waals surface area contributed by atoms with Gasteiger partial charge in [-0.25, -0.2) is 0 Å². The minimum absolute atomic E-state index is 0.0834. The molecule has 0 bridgehead atoms. The van der Waals surface area contributed by atoms with Crippen LogP contribution in [0.3, 0.4) is 0 Å². The standard InChI is InChI=1S/C20H26N2O2/c1-4-22(5-2)20(23)19(16-10-8-7-9-11-16)21-17-12-14-18(15-13-17)24-6-3/h7-15,19,21H,4-6H2,1-3H3. The Morgan fingerprint density at radius 3 is 2.17 bits per heavy atom. The second-order valence-electron chi connectivity index (χ2n) is 5.46. The van der Waals surface area contributed by atoms with Gasteiger partial charge < -0.3 is 15.0 Å². The van der Waals surface area contributed by atoms with Crippen molar-refractivity contribution in [1.29, 1.82) is 0 Å². The van der Waals surface area contributed by atoms with Crippen LogP contribution in [-0.2, 0) is 4.79 Å². The Morgan fingerprint density at radius 1 is 1.00 bits per heavy atom. The number of rotatable bonds is 8. The Kier molecular flexibility index (Phi) is 6.67. The van der Waals surface area contributed by atoms with Crippen LogP contribution in [0, 0.1) is 0 Å². The molecule has 1 unspecified atom stereocenters. The van der Waals surface area contributed by atoms with Crippen molar-refractivity contribution in [3.8, 4) is 5.75 Å². The summed E-state index contributed by atoms with van der Waals surface area (Å²) < 4.78 is 5.47. The number of nitrogens with zero attached hydrogens (tertiary/aromatic N) is 1. The van der Waals surface area contributed by atoms with Crippen molar-refractivity contribution < 1.29 is 9.53 Å². The molecule has 128 valence electrons. The van der Waals surface area contributed by atoms with Crippen molar-refractivity contribution in [2.24, 2.45) is 0 Å². The summed E-state index contributed by atoms with van der Waals surface area (Å²) in [6.07, 6.45) is 0. The summed E-state index contributed by atoms with van der Waals surface area (Å²) in [5.41, 5.74) is 1.86. The van der Waals surface area contributed by atoms with Crippen molar-refractivity contribution in [2.75, 3.05) is 25.0 Å². The molecule has 1 N–H and O–H groups in total. The lowest BCUT2D eigenvalue weighted by atomic mass is 10.0. The van der Waals surface area contributed by atoms with E-state index in [2.05, 4.69) is 5.32 Å². The maximum absolute atomic E-state index is 12.9. The summed E-state index contributed by atoms with van der Waals surface area (Å²) >= 11 is 0. The van der Waals surface area contributed by atoms with Crippen LogP contribution in [0.5, 0.6) is 5.75 Å². The van der Waals surface area contributed by atoms with Gasteiger partial charge in [0, 0.05) is 18.8 Å². The lowest BCUT2D eigenvalue weighted by Gasteiger charge is -2.27. The molecule has 0 saturated carbocycles. The van der Waals surface area contributed by atoms with Crippen molar-refractivity contribution >= 4 is 11.6 Å². The molecule has 4 heteroatoms. The first-order valence-electron chi connectivity index (χ1n) is 8.52. The molecule has 0 aliphatic carbocycles. The van der Waals surface area contributed by atoms with E-state index in [0.717, 1.165) is 17.0 Å². The molecule has 2 rings (SSSR count). The second-order valence-corrected chi connectivity index (χ2v) is 5.46. The van der Waals surface area contributed by atoms with Gasteiger partial charge in [-0.3, -0.25) is 4.79 Å². The van der Waals surface area contributed by atoms with Gasteiger partial charge >= 0.3 is 0 Å². The number of amides is 1. The summed E-state index contributed by atoms with van der Waals surface area (Å²) in [4.78, 5) is 14.8. The van der Waals surface area contributed by atoms with Crippen LogP contribution in [0.1, 0.15) is 32.4 Å². The maximum atomic E-state index is 12.9. The van der Waals surface area contributed by atoms with Crippen molar-refractivity contribution in [1.82, 2.24) is 4.90 Å². The number of anilines is 1. The molecule has 2 aromatic carbocycles. The van der Waals surface area contributed by atoms with Crippen molar-refractivity contribution in [3.05, 3.63) is 60.2 Å². The summed E-state index contributed by atoms with van der Waals surface area (Å²) in [5.74, 6) is 0.912. The SMILES string of the molecule is CCOc1ccc(NC(C(=O)N(CC)CC)c2ccccc2)cc1. The number of hydrogen-bond donors (Lipinski definition) is 1. The predicted molar refractivity (Wildman–Crippen MR) is 98.3 cm³/mol. The third kappa shape index (κ3) is 4.51. The monoisotopic (exact) mass is 326 g/mol. The molecular formula is C20H26N2O2. The number of carbonyl (C=O) groups is 1. The number of hydrogen-bond acceptors (Lipinski definition) is 3. The normalized spacial score (nSPS) is 11.6. The molecule has 0 saturated heterocycles. The summed E-state index contributed by atoms with van der Waals surface area (Å²) in [7, 11) is 0. The van der Waals surface area contributed by atoms with Crippen LogP contribution < -0.4 is 10.1 Å². The van der Waals surface area contributed by atoms with Gasteiger partial charge in [-0.05, 0) is 50.6 Å². The van der Waals surface area contributed by atoms with E-state index in [1.807, 2.05) is 80.3 Å². The van der Waals surface area contributed by atoms with E-state index in [9.17, 15) is 4.79 Å². The zero-order valence-electron chi connectivity index (χ0n) is 14.7. The summed E-state index contributed by atoms with van der Waals surface area (Å²) in [6, 6.07) is 17.1. The molecule has 0 fully saturated rings. The summed E-state index contributed by atoms with van der Waals surface area (Å²) in [5, 5.41) is 3.37. The van der Waals surface area contributed by atoms with Gasteiger partial charge in [0.05, 0.1) is 6.61 Å². The van der Waals surface area contributed by atoms with E-state index in [4.69, 9.17) is 4.74 Å². The fraction of sp³-hybridized carbons (Fsp3) is 0.350. The highest BCUT2D eigenvalue weighted by Crippen LogP contribution is 2.23. The average molecular weight is 326 g/mol. The van der Waals surface area contributed by atoms with E-state index < -0.39 is 6.04 Å². The first-order chi connectivity index (χ1) is 11.7. The lowest BCUT2D eigenvalue weighted by molar-refractivity contribution is -0.131. The topological polar surface area (TPSA) is 41.6 Å². The Balaban J connectivity index is 2.24. The van der Waals surface area contributed by atoms with Gasteiger partial charge in [0.15, 0.2) is 0 Å². The zero-order chi connectivity index (χ0) is 17.4. The quantitative estimate of drug-likeness (QED) is 0.794. The molecule has 2 aromatic rings. The summed E-state index contributed by atoms with van der Waals surface area (Å²) in [6.45, 7) is 7.99. The minimum Gasteiger partial charge on any atom is -0.494 e. The maximum Gasteiger partial charge on any atom is 0.249 e. The first-order valence-corrected chi connectivity index (χ1v) is 8.52. The lowest BCUT2D eigenvalue weighted by Crippen LogP contribution is -2.37. The van der Waals surface area contributed by atoms with Gasteiger partial charge in [-0.15, -0.1) is 0 Å². The zero-order valence-corrected chi connectivity index (χ0v) is 14.7. The number of benzene rings is 2. The third-order valence-electron chi connectivity index (χ3n) is 3.93. The average Bonchev–Trinajstić information content (AvgIpc) is 2.63. The van der Waals surface area contributed by atoms with Crippen LogP contribution in [0.4, 0.5) is 5.69 Å². The minimum atomic E-state index is -0.399. The predicted octanol–water partition coefficient (Wildman–Crippen LogP) is 4.11. The number of carbonyl (C=O) groups excluding carboxylic acids is 1. The molecule has 0 aromatic heterocycles. The van der Waals surface area contributed by atoms with Gasteiger partial charge in [-0.1, -0.05) is 30.3 Å². The van der Waals surface area contributed by atoms with Crippen molar-refractivity contribution in [3.63, 3.8) is 0 Å². The van der Waals surface area contributed by atoms with E-state index in [0.29, 0.717) is 19.7 Å². The van der Waals surface area contributed by atoms with Gasteiger partial charge in [0.25, 0.3) is 0 Å². The van der Waals surface area contributed by atoms with E-state index >= 15 is 0 Å². The highest BCUT2D eigenvalue weighted by molar-refractivity contribution is 5.86. The van der Waals surface area contributed by atoms with Crippen LogP contribution >= 0.6 is 0 Å². The largest absolute Gasteiger partial charge is 0.494 e. The van der Waals surface area contributed by atoms with Crippen LogP contribution in [0.15, 0.2) is 54.6 Å². The Morgan fingerprint density at radius 2 is 1.62 bits per heavy atom. The van der Waals surface area contributed by atoms with Gasteiger partial charge in [0.1, 0.15) is 11.8 Å². The first kappa shape index (κ1) is 17.9. The van der Waals surface area contributed by atoms with Crippen LogP contribution in [0.2, 0.25) is 0 Å². The number of nitrogens with one attached hydrogen (secondary N) is 1. The molecule has 4 nitrogen and oxygen atoms in total. The highest BCUT2D eigenvalue weighted by atomic mass is 16.5. The smallest absolute Gasteiger partial charge is 0.249 e. The second kappa shape index (κ2) is 8.96. The fourth-order valence-electron chi connectivity index (χ4n) is 2.63. The number of likely N-dealkylation sites (N-methyl/N-ethyl adjacent to an activating group) is 1. The Bertz CT molecular complexity index is 622. The molecule has 0 aliphatic rings. The number of ether oxygens (including phenoxy) is 1. The third-order valence-corrected chi connectivity index (χ3v) is 3.93. The Labute approximate surface area is 144 Å². The molecule has 1 amide bonds. The van der Waals surface area contributed by atoms with Crippen molar-refractivity contribution in [2.45, 2.75) is 26.8 Å². The van der Waals surface area contributed by atoms with E-state index in [-0.39, 0.29) is 5.91 Å². The molecule has 1 atom stereocenters. The van der Waals surface area contributed by atoms with Crippen LogP contribution in [0.25, 0.3) is 0 Å². The molecule has 0 radical (unpaired) electrons. The molecular weight excluding hydrogens is 300 g/mol. The molecule has 0 spiro atoms. The molecule has 0 heterocycles. The van der Waals surface area contributed by atoms with E-state index in [1.54, 1.807) is 0 Å². The van der Waals surface area contributed by atoms with Gasteiger partial charge in [0.2, 0.25) is 5.91 Å². The fourth-order valence-corrected chi connectivity index (χ4v) is 2.63. The van der Waals surface area contributed by atoms with Gasteiger partial charge in [-0.2, -0.15) is 0 Å².